The van der Waals surface area contributed by atoms with Crippen molar-refractivity contribution in [3.8, 4) is 0 Å². The van der Waals surface area contributed by atoms with Crippen molar-refractivity contribution < 1.29 is 4.21 Å². The van der Waals surface area contributed by atoms with Crippen molar-refractivity contribution in [1.82, 2.24) is 0 Å². The van der Waals surface area contributed by atoms with Crippen molar-refractivity contribution in [2.24, 2.45) is 0 Å². The lowest BCUT2D eigenvalue weighted by atomic mass is 10.4. The maximum Gasteiger partial charge on any atom is 0.0467 e. The molecular formula is C7H17NOS. The third-order valence-electron chi connectivity index (χ3n) is 1.73. The van der Waals surface area contributed by atoms with Gasteiger partial charge in [0, 0.05) is 20.7 Å². The van der Waals surface area contributed by atoms with Gasteiger partial charge in [0.2, 0.25) is 0 Å². The van der Waals surface area contributed by atoms with E-state index in [0.717, 1.165) is 12.8 Å². The van der Waals surface area contributed by atoms with Crippen molar-refractivity contribution in [3.05, 3.63) is 0 Å². The van der Waals surface area contributed by atoms with Gasteiger partial charge in [0.25, 0.3) is 0 Å². The van der Waals surface area contributed by atoms with E-state index in [1.54, 1.807) is 0 Å². The zero-order chi connectivity index (χ0) is 8.20. The molecule has 0 aliphatic carbocycles. The van der Waals surface area contributed by atoms with Gasteiger partial charge in [-0.05, 0) is 19.8 Å². The number of hydrogen-bond donors (Lipinski definition) is 1. The van der Waals surface area contributed by atoms with Crippen LogP contribution in [0.2, 0.25) is 0 Å². The van der Waals surface area contributed by atoms with E-state index in [9.17, 15) is 4.21 Å². The molecule has 3 heteroatoms. The second kappa shape index (κ2) is 3.96. The second-order valence-corrected chi connectivity index (χ2v) is 5.31. The van der Waals surface area contributed by atoms with Gasteiger partial charge in [0.05, 0.1) is 0 Å². The molecule has 0 amide bonds. The van der Waals surface area contributed by atoms with Gasteiger partial charge in [-0.15, -0.1) is 0 Å². The Balaban J connectivity index is 4.12. The van der Waals surface area contributed by atoms with Crippen molar-refractivity contribution in [3.63, 3.8) is 0 Å². The molecule has 1 N–H and O–H groups in total. The molecule has 0 aliphatic rings. The van der Waals surface area contributed by atoms with Gasteiger partial charge in [-0.25, -0.2) is 4.21 Å². The van der Waals surface area contributed by atoms with Crippen molar-refractivity contribution in [1.29, 1.82) is 4.78 Å². The standard InChI is InChI=1S/C7H17NOS/c1-4-6-10(8,9)7(3)5-2/h7-8H,4-6H2,1-3H3/t7-,10+/m1/s1. The maximum absolute atomic E-state index is 11.4. The minimum absolute atomic E-state index is 0.0625. The highest BCUT2D eigenvalue weighted by atomic mass is 32.2. The molecule has 0 bridgehead atoms. The lowest BCUT2D eigenvalue weighted by Gasteiger charge is -2.11. The molecule has 2 atom stereocenters. The van der Waals surface area contributed by atoms with E-state index in [4.69, 9.17) is 4.78 Å². The first kappa shape index (κ1) is 9.95. The monoisotopic (exact) mass is 163 g/mol. The Kier molecular flexibility index (Phi) is 3.94. The van der Waals surface area contributed by atoms with E-state index >= 15 is 0 Å². The minimum Gasteiger partial charge on any atom is -0.253 e. The molecule has 0 heterocycles. The Morgan fingerprint density at radius 2 is 2.00 bits per heavy atom. The first-order chi connectivity index (χ1) is 4.54. The second-order valence-electron chi connectivity index (χ2n) is 2.65. The van der Waals surface area contributed by atoms with Crippen molar-refractivity contribution >= 4 is 9.73 Å². The average Bonchev–Trinajstić information content (AvgIpc) is 1.86. The van der Waals surface area contributed by atoms with Crippen LogP contribution in [0.15, 0.2) is 0 Å². The topological polar surface area (TPSA) is 40.9 Å². The highest BCUT2D eigenvalue weighted by Crippen LogP contribution is 2.07. The number of rotatable bonds is 4. The van der Waals surface area contributed by atoms with Crippen LogP contribution in [0.25, 0.3) is 0 Å². The van der Waals surface area contributed by atoms with Gasteiger partial charge in [0.1, 0.15) is 0 Å². The average molecular weight is 163 g/mol. The number of hydrogen-bond acceptors (Lipinski definition) is 2. The fourth-order valence-electron chi connectivity index (χ4n) is 0.774. The zero-order valence-electron chi connectivity index (χ0n) is 7.02. The quantitative estimate of drug-likeness (QED) is 0.678. The summed E-state index contributed by atoms with van der Waals surface area (Å²) in [5.74, 6) is 0.558. The Hall–Kier alpha value is -0.0500. The molecule has 0 fully saturated rings. The van der Waals surface area contributed by atoms with E-state index in [-0.39, 0.29) is 5.25 Å². The van der Waals surface area contributed by atoms with Crippen LogP contribution < -0.4 is 0 Å². The van der Waals surface area contributed by atoms with Gasteiger partial charge < -0.3 is 0 Å². The largest absolute Gasteiger partial charge is 0.253 e. The van der Waals surface area contributed by atoms with Crippen molar-refractivity contribution in [2.45, 2.75) is 38.9 Å². The molecule has 0 spiro atoms. The highest BCUT2D eigenvalue weighted by Gasteiger charge is 2.12. The summed E-state index contributed by atoms with van der Waals surface area (Å²) in [6, 6.07) is 0. The third kappa shape index (κ3) is 2.69. The van der Waals surface area contributed by atoms with Gasteiger partial charge >= 0.3 is 0 Å². The molecule has 0 saturated carbocycles. The molecule has 2 nitrogen and oxygen atoms in total. The van der Waals surface area contributed by atoms with E-state index in [1.807, 2.05) is 20.8 Å². The van der Waals surface area contributed by atoms with Crippen LogP contribution in [0.5, 0.6) is 0 Å². The summed E-state index contributed by atoms with van der Waals surface area (Å²) in [5.41, 5.74) is 0. The molecule has 62 valence electrons. The lowest BCUT2D eigenvalue weighted by molar-refractivity contribution is 0.659. The first-order valence-corrected chi connectivity index (χ1v) is 5.59. The van der Waals surface area contributed by atoms with Gasteiger partial charge in [-0.2, -0.15) is 0 Å². The van der Waals surface area contributed by atoms with E-state index in [2.05, 4.69) is 0 Å². The van der Waals surface area contributed by atoms with Crippen LogP contribution in [0.1, 0.15) is 33.6 Å². The van der Waals surface area contributed by atoms with Gasteiger partial charge in [0.15, 0.2) is 0 Å². The summed E-state index contributed by atoms with van der Waals surface area (Å²) in [7, 11) is -2.26. The summed E-state index contributed by atoms with van der Waals surface area (Å²) < 4.78 is 18.8. The molecule has 0 aromatic heterocycles. The number of nitrogens with one attached hydrogen (secondary N) is 1. The van der Waals surface area contributed by atoms with Crippen LogP contribution in [-0.2, 0) is 9.73 Å². The Morgan fingerprint density at radius 1 is 1.50 bits per heavy atom. The van der Waals surface area contributed by atoms with Crippen LogP contribution in [0.3, 0.4) is 0 Å². The molecule has 0 rings (SSSR count). The maximum atomic E-state index is 11.4. The smallest absolute Gasteiger partial charge is 0.0467 e. The zero-order valence-corrected chi connectivity index (χ0v) is 7.83. The van der Waals surface area contributed by atoms with Crippen LogP contribution in [0, 0.1) is 4.78 Å². The van der Waals surface area contributed by atoms with Crippen LogP contribution >= 0.6 is 0 Å². The Morgan fingerprint density at radius 3 is 2.30 bits per heavy atom. The molecule has 10 heavy (non-hydrogen) atoms. The van der Waals surface area contributed by atoms with E-state index < -0.39 is 9.73 Å². The normalized spacial score (nSPS) is 19.9. The molecule has 0 saturated heterocycles. The Bertz CT molecular complexity index is 172. The minimum atomic E-state index is -2.26. The summed E-state index contributed by atoms with van der Waals surface area (Å²) >= 11 is 0. The fourth-order valence-corrected chi connectivity index (χ4v) is 2.32. The highest BCUT2D eigenvalue weighted by molar-refractivity contribution is 7.92. The van der Waals surface area contributed by atoms with Crippen LogP contribution in [-0.4, -0.2) is 15.2 Å². The molecule has 0 radical (unpaired) electrons. The Labute approximate surface area is 64.0 Å². The van der Waals surface area contributed by atoms with Crippen molar-refractivity contribution in [2.75, 3.05) is 5.75 Å². The lowest BCUT2D eigenvalue weighted by Crippen LogP contribution is -2.18. The fraction of sp³-hybridized carbons (Fsp3) is 1.00. The predicted molar refractivity (Wildman–Crippen MR) is 45.8 cm³/mol. The predicted octanol–water partition coefficient (Wildman–Crippen LogP) is 2.24. The SMILES string of the molecule is CCC[S@](=N)(=O)[C@H](C)CC. The van der Waals surface area contributed by atoms with Crippen LogP contribution in [0.4, 0.5) is 0 Å². The van der Waals surface area contributed by atoms with Gasteiger partial charge in [-0.3, -0.25) is 4.78 Å². The molecule has 0 aromatic carbocycles. The molecule has 0 aromatic rings. The summed E-state index contributed by atoms with van der Waals surface area (Å²) in [4.78, 5) is 0. The summed E-state index contributed by atoms with van der Waals surface area (Å²) in [6.45, 7) is 5.84. The van der Waals surface area contributed by atoms with E-state index in [0.29, 0.717) is 5.75 Å². The summed E-state index contributed by atoms with van der Waals surface area (Å²) in [6.07, 6.45) is 1.70. The third-order valence-corrected chi connectivity index (χ3v) is 4.38. The molecule has 0 unspecified atom stereocenters. The molecular weight excluding hydrogens is 146 g/mol. The van der Waals surface area contributed by atoms with Gasteiger partial charge in [-0.1, -0.05) is 13.8 Å². The van der Waals surface area contributed by atoms with E-state index in [1.165, 1.54) is 0 Å². The summed E-state index contributed by atoms with van der Waals surface area (Å²) in [5, 5.41) is 0.0625. The first-order valence-electron chi connectivity index (χ1n) is 3.79. The molecule has 0 aliphatic heterocycles.